The van der Waals surface area contributed by atoms with Gasteiger partial charge in [-0.3, -0.25) is 14.4 Å². The molecule has 0 spiro atoms. The Bertz CT molecular complexity index is 1100. The van der Waals surface area contributed by atoms with Crippen LogP contribution in [0, 0.1) is 11.8 Å². The summed E-state index contributed by atoms with van der Waals surface area (Å²) >= 11 is 0. The molecule has 7 nitrogen and oxygen atoms in total. The molecule has 3 N–H and O–H groups in total. The molecular formula is C33H50N4O3. The molecule has 2 aromatic rings. The monoisotopic (exact) mass is 550 g/mol. The Hall–Kier alpha value is -2.93. The van der Waals surface area contributed by atoms with Gasteiger partial charge in [-0.2, -0.15) is 0 Å². The zero-order valence-corrected chi connectivity index (χ0v) is 25.0. The van der Waals surface area contributed by atoms with Gasteiger partial charge < -0.3 is 20.9 Å². The predicted molar refractivity (Wildman–Crippen MR) is 163 cm³/mol. The molecule has 3 rings (SSSR count). The van der Waals surface area contributed by atoms with E-state index in [2.05, 4.69) is 54.1 Å². The van der Waals surface area contributed by atoms with Gasteiger partial charge in [0.1, 0.15) is 12.1 Å². The third-order valence-corrected chi connectivity index (χ3v) is 7.94. The van der Waals surface area contributed by atoms with Crippen LogP contribution in [0.5, 0.6) is 0 Å². The summed E-state index contributed by atoms with van der Waals surface area (Å²) in [5, 5.41) is 11.8. The lowest BCUT2D eigenvalue weighted by Crippen LogP contribution is -2.54. The van der Waals surface area contributed by atoms with Crippen LogP contribution in [-0.4, -0.2) is 60.9 Å². The zero-order chi connectivity index (χ0) is 28.9. The van der Waals surface area contributed by atoms with E-state index in [1.54, 1.807) is 4.90 Å². The Balaban J connectivity index is 1.64. The van der Waals surface area contributed by atoms with Crippen LogP contribution in [0.4, 0.5) is 0 Å². The number of likely N-dealkylation sites (tertiary alicyclic amines) is 1. The number of amides is 3. The van der Waals surface area contributed by atoms with Gasteiger partial charge in [-0.25, -0.2) is 0 Å². The second-order valence-corrected chi connectivity index (χ2v) is 11.6. The fourth-order valence-electron chi connectivity index (χ4n) is 5.53. The maximum atomic E-state index is 13.5. The van der Waals surface area contributed by atoms with Crippen molar-refractivity contribution in [2.45, 2.75) is 91.1 Å². The zero-order valence-electron chi connectivity index (χ0n) is 25.0. The molecule has 1 aliphatic heterocycles. The summed E-state index contributed by atoms with van der Waals surface area (Å²) in [7, 11) is 0. The molecule has 0 aliphatic carbocycles. The van der Waals surface area contributed by atoms with Crippen molar-refractivity contribution in [3.05, 3.63) is 48.0 Å². The lowest BCUT2D eigenvalue weighted by molar-refractivity contribution is -0.142. The van der Waals surface area contributed by atoms with E-state index in [1.807, 2.05) is 32.0 Å². The molecule has 0 radical (unpaired) electrons. The first-order valence-electron chi connectivity index (χ1n) is 15.4. The van der Waals surface area contributed by atoms with Gasteiger partial charge in [-0.15, -0.1) is 0 Å². The predicted octanol–water partition coefficient (Wildman–Crippen LogP) is 4.83. The van der Waals surface area contributed by atoms with Crippen LogP contribution in [-0.2, 0) is 20.8 Å². The standard InChI is InChI=1S/C33H50N4O3/c1-5-26(6-2)33(40)37-20-12-15-30(37)32(39)36-29(22-25-16-17-27-13-8-9-14-28(27)21-25)31(38)35-19-11-7-10-18-34-23-24(3)4/h8-9,13-14,16-17,21,24,26,29-30,34H,5-7,10-12,15,18-20,22-23H2,1-4H3,(H,35,38)(H,36,39). The molecule has 40 heavy (non-hydrogen) atoms. The molecule has 2 aromatic carbocycles. The van der Waals surface area contributed by atoms with Crippen molar-refractivity contribution >= 4 is 28.5 Å². The van der Waals surface area contributed by atoms with E-state index >= 15 is 0 Å². The van der Waals surface area contributed by atoms with Crippen molar-refractivity contribution in [2.75, 3.05) is 26.2 Å². The van der Waals surface area contributed by atoms with Gasteiger partial charge in [0.25, 0.3) is 0 Å². The van der Waals surface area contributed by atoms with Crippen LogP contribution in [0.3, 0.4) is 0 Å². The van der Waals surface area contributed by atoms with E-state index < -0.39 is 12.1 Å². The van der Waals surface area contributed by atoms with E-state index in [0.29, 0.717) is 31.8 Å². The Labute approximate surface area is 240 Å². The van der Waals surface area contributed by atoms with E-state index in [4.69, 9.17) is 0 Å². The number of unbranched alkanes of at least 4 members (excludes halogenated alkanes) is 2. The van der Waals surface area contributed by atoms with Gasteiger partial charge >= 0.3 is 0 Å². The second-order valence-electron chi connectivity index (χ2n) is 11.6. The number of hydrogen-bond donors (Lipinski definition) is 3. The molecule has 1 fully saturated rings. The van der Waals surface area contributed by atoms with Gasteiger partial charge in [0.05, 0.1) is 0 Å². The largest absolute Gasteiger partial charge is 0.354 e. The van der Waals surface area contributed by atoms with Gasteiger partial charge in [0, 0.05) is 25.4 Å². The first kappa shape index (κ1) is 31.6. The Kier molecular flexibility index (Phi) is 12.9. The minimum atomic E-state index is -0.702. The summed E-state index contributed by atoms with van der Waals surface area (Å²) in [6, 6.07) is 13.1. The summed E-state index contributed by atoms with van der Waals surface area (Å²) in [4.78, 5) is 41.7. The van der Waals surface area contributed by atoms with Crippen LogP contribution >= 0.6 is 0 Å². The van der Waals surface area contributed by atoms with E-state index in [-0.39, 0.29) is 23.6 Å². The molecule has 1 heterocycles. The fourth-order valence-corrected chi connectivity index (χ4v) is 5.53. The van der Waals surface area contributed by atoms with Crippen molar-refractivity contribution in [3.63, 3.8) is 0 Å². The molecule has 1 aliphatic rings. The van der Waals surface area contributed by atoms with E-state index in [1.165, 1.54) is 0 Å². The fraction of sp³-hybridized carbons (Fsp3) is 0.606. The number of carbonyl (C=O) groups is 3. The molecule has 2 unspecified atom stereocenters. The molecule has 220 valence electrons. The first-order chi connectivity index (χ1) is 19.3. The van der Waals surface area contributed by atoms with Gasteiger partial charge in [-0.1, -0.05) is 76.6 Å². The summed E-state index contributed by atoms with van der Waals surface area (Å²) in [5.41, 5.74) is 0.992. The topological polar surface area (TPSA) is 90.5 Å². The van der Waals surface area contributed by atoms with Crippen molar-refractivity contribution in [1.82, 2.24) is 20.9 Å². The molecule has 1 saturated heterocycles. The van der Waals surface area contributed by atoms with Crippen molar-refractivity contribution in [3.8, 4) is 0 Å². The van der Waals surface area contributed by atoms with Crippen LogP contribution in [0.1, 0.15) is 78.2 Å². The second kappa shape index (κ2) is 16.4. The highest BCUT2D eigenvalue weighted by Gasteiger charge is 2.37. The molecular weight excluding hydrogens is 500 g/mol. The summed E-state index contributed by atoms with van der Waals surface area (Å²) < 4.78 is 0. The third-order valence-electron chi connectivity index (χ3n) is 7.94. The highest BCUT2D eigenvalue weighted by molar-refractivity contribution is 5.93. The number of benzene rings is 2. The van der Waals surface area contributed by atoms with Crippen molar-refractivity contribution < 1.29 is 14.4 Å². The van der Waals surface area contributed by atoms with E-state index in [0.717, 1.165) is 68.0 Å². The highest BCUT2D eigenvalue weighted by atomic mass is 16.2. The average Bonchev–Trinajstić information content (AvgIpc) is 3.44. The quantitative estimate of drug-likeness (QED) is 0.261. The normalized spacial score (nSPS) is 16.1. The number of nitrogens with zero attached hydrogens (tertiary/aromatic N) is 1. The minimum absolute atomic E-state index is 0.0565. The first-order valence-corrected chi connectivity index (χ1v) is 15.4. The maximum Gasteiger partial charge on any atom is 0.243 e. The summed E-state index contributed by atoms with van der Waals surface area (Å²) in [6.07, 6.45) is 6.36. The molecule has 0 bridgehead atoms. The maximum absolute atomic E-state index is 13.5. The average molecular weight is 551 g/mol. The molecule has 0 aromatic heterocycles. The third kappa shape index (κ3) is 9.33. The Morgan fingerprint density at radius 3 is 2.40 bits per heavy atom. The van der Waals surface area contributed by atoms with Gasteiger partial charge in [0.2, 0.25) is 17.7 Å². The van der Waals surface area contributed by atoms with Crippen LogP contribution < -0.4 is 16.0 Å². The Morgan fingerprint density at radius 2 is 1.68 bits per heavy atom. The summed E-state index contributed by atoms with van der Waals surface area (Å²) in [6.45, 7) is 11.6. The minimum Gasteiger partial charge on any atom is -0.354 e. The number of fused-ring (bicyclic) bond motifs is 1. The number of rotatable bonds is 16. The summed E-state index contributed by atoms with van der Waals surface area (Å²) in [5.74, 6) is 0.235. The molecule has 0 saturated carbocycles. The van der Waals surface area contributed by atoms with Gasteiger partial charge in [-0.05, 0) is 73.9 Å². The van der Waals surface area contributed by atoms with Crippen molar-refractivity contribution in [2.24, 2.45) is 11.8 Å². The van der Waals surface area contributed by atoms with Crippen LogP contribution in [0.15, 0.2) is 42.5 Å². The number of hydrogen-bond acceptors (Lipinski definition) is 4. The van der Waals surface area contributed by atoms with Gasteiger partial charge in [0.15, 0.2) is 0 Å². The molecule has 3 amide bonds. The smallest absolute Gasteiger partial charge is 0.243 e. The number of carbonyl (C=O) groups excluding carboxylic acids is 3. The lowest BCUT2D eigenvalue weighted by atomic mass is 10.00. The van der Waals surface area contributed by atoms with E-state index in [9.17, 15) is 14.4 Å². The SMILES string of the molecule is CCC(CC)C(=O)N1CCCC1C(=O)NC(Cc1ccc2ccccc2c1)C(=O)NCCCCCNCC(C)C. The lowest BCUT2D eigenvalue weighted by Gasteiger charge is -2.29. The van der Waals surface area contributed by atoms with Crippen LogP contribution in [0.2, 0.25) is 0 Å². The van der Waals surface area contributed by atoms with Crippen LogP contribution in [0.25, 0.3) is 10.8 Å². The Morgan fingerprint density at radius 1 is 0.950 bits per heavy atom. The number of nitrogens with one attached hydrogen (secondary N) is 3. The molecule has 2 atom stereocenters. The van der Waals surface area contributed by atoms with Crippen molar-refractivity contribution in [1.29, 1.82) is 0 Å². The molecule has 7 heteroatoms. The highest BCUT2D eigenvalue weighted by Crippen LogP contribution is 2.23.